The lowest BCUT2D eigenvalue weighted by atomic mass is 10.1. The molecule has 1 heterocycles. The molecule has 0 aliphatic heterocycles. The Morgan fingerprint density at radius 2 is 1.19 bits per heavy atom. The average molecular weight is 387 g/mol. The van der Waals surface area contributed by atoms with Gasteiger partial charge in [-0.05, 0) is 29.5 Å². The highest BCUT2D eigenvalue weighted by Crippen LogP contribution is 3.02. The maximum Gasteiger partial charge on any atom is 0.312 e. The maximum atomic E-state index is 13.5. The van der Waals surface area contributed by atoms with Gasteiger partial charge in [-0.2, -0.15) is 0 Å². The van der Waals surface area contributed by atoms with E-state index in [0.29, 0.717) is 6.20 Å². The fourth-order valence-electron chi connectivity index (χ4n) is 2.88. The van der Waals surface area contributed by atoms with E-state index in [1.807, 2.05) is 0 Å². The Labute approximate surface area is 148 Å². The van der Waals surface area contributed by atoms with E-state index in [1.165, 1.54) is 10.8 Å². The molecule has 7 heteroatoms. The van der Waals surface area contributed by atoms with Crippen LogP contribution < -0.4 is 0 Å². The lowest BCUT2D eigenvalue weighted by molar-refractivity contribution is 0.362. The summed E-state index contributed by atoms with van der Waals surface area (Å²) in [4.78, 5) is -1.78. The van der Waals surface area contributed by atoms with Crippen LogP contribution in [0.5, 0.6) is 0 Å². The third-order valence-corrected chi connectivity index (χ3v) is 5.27. The summed E-state index contributed by atoms with van der Waals surface area (Å²) < 4.78 is 68.5. The fraction of sp³-hybridized carbons (Fsp3) is 0.158. The molecule has 0 saturated heterocycles. The van der Waals surface area contributed by atoms with E-state index in [0.717, 1.165) is 11.1 Å². The largest absolute Gasteiger partial charge is 0.348 e. The van der Waals surface area contributed by atoms with E-state index < -0.39 is 15.1 Å². The Morgan fingerprint density at radius 1 is 0.654 bits per heavy atom. The van der Waals surface area contributed by atoms with Crippen LogP contribution in [0.3, 0.4) is 0 Å². The molecule has 3 rings (SSSR count). The number of aryl methyl sites for hydroxylation is 2. The number of nitrogens with zero attached hydrogens (tertiary/aromatic N) is 1. The van der Waals surface area contributed by atoms with E-state index in [2.05, 4.69) is 0 Å². The molecule has 0 aliphatic carbocycles. The summed E-state index contributed by atoms with van der Waals surface area (Å²) in [6.07, 6.45) is 1.88. The molecule has 3 aromatic rings. The molecule has 0 unspecified atom stereocenters. The van der Waals surface area contributed by atoms with Gasteiger partial charge >= 0.3 is 10.2 Å². The molecular weight excluding hydrogens is 369 g/mol. The van der Waals surface area contributed by atoms with E-state index in [9.17, 15) is 19.4 Å². The molecular formula is C19H18F5NS. The van der Waals surface area contributed by atoms with Gasteiger partial charge in [-0.15, -0.1) is 0 Å². The summed E-state index contributed by atoms with van der Waals surface area (Å²) >= 11 is 0. The Balaban J connectivity index is 1.93. The minimum absolute atomic E-state index is 0.104. The molecule has 26 heavy (non-hydrogen) atoms. The van der Waals surface area contributed by atoms with Gasteiger partial charge in [-0.1, -0.05) is 80.1 Å². The normalized spacial score (nSPS) is 14.7. The molecule has 0 atom stereocenters. The first kappa shape index (κ1) is 18.5. The maximum absolute atomic E-state index is 13.5. The van der Waals surface area contributed by atoms with Crippen LogP contribution >= 0.6 is 10.2 Å². The Kier molecular flexibility index (Phi) is 4.18. The van der Waals surface area contributed by atoms with Gasteiger partial charge in [0.2, 0.25) is 0 Å². The van der Waals surface area contributed by atoms with E-state index in [-0.39, 0.29) is 24.9 Å². The van der Waals surface area contributed by atoms with Crippen LogP contribution in [0, 0.1) is 0 Å². The van der Waals surface area contributed by atoms with Crippen molar-refractivity contribution in [3.63, 3.8) is 0 Å². The summed E-state index contributed by atoms with van der Waals surface area (Å²) in [6, 6.07) is 17.6. The SMILES string of the molecule is FS(F)(F)(F)(F)c1cn(Cc2ccccc2)cc1CCc1ccccc1. The van der Waals surface area contributed by atoms with Gasteiger partial charge in [0, 0.05) is 18.9 Å². The van der Waals surface area contributed by atoms with Gasteiger partial charge in [-0.3, -0.25) is 0 Å². The predicted octanol–water partition coefficient (Wildman–Crippen LogP) is 6.98. The lowest BCUT2D eigenvalue weighted by Crippen LogP contribution is -2.08. The van der Waals surface area contributed by atoms with Crippen molar-refractivity contribution < 1.29 is 19.4 Å². The van der Waals surface area contributed by atoms with Gasteiger partial charge in [-0.25, -0.2) is 0 Å². The van der Waals surface area contributed by atoms with Crippen molar-refractivity contribution in [2.75, 3.05) is 0 Å². The quantitative estimate of drug-likeness (QED) is 0.402. The van der Waals surface area contributed by atoms with Crippen molar-refractivity contribution in [1.82, 2.24) is 4.57 Å². The smallest absolute Gasteiger partial charge is 0.312 e. The lowest BCUT2D eigenvalue weighted by Gasteiger charge is -2.40. The first-order chi connectivity index (χ1) is 12.0. The number of benzene rings is 2. The number of hydrogen-bond acceptors (Lipinski definition) is 0. The highest BCUT2D eigenvalue weighted by molar-refractivity contribution is 8.45. The van der Waals surface area contributed by atoms with Crippen LogP contribution in [-0.2, 0) is 19.4 Å². The summed E-state index contributed by atoms with van der Waals surface area (Å²) in [5.74, 6) is 0. The molecule has 0 N–H and O–H groups in total. The van der Waals surface area contributed by atoms with Gasteiger partial charge in [0.05, 0.1) is 0 Å². The second kappa shape index (κ2) is 5.87. The molecule has 0 aliphatic rings. The molecule has 0 spiro atoms. The fourth-order valence-corrected chi connectivity index (χ4v) is 3.86. The molecule has 0 radical (unpaired) electrons. The van der Waals surface area contributed by atoms with Gasteiger partial charge in [0.15, 0.2) is 0 Å². The third-order valence-electron chi connectivity index (χ3n) is 4.07. The van der Waals surface area contributed by atoms with Crippen molar-refractivity contribution in [3.05, 3.63) is 89.7 Å². The Hall–Kier alpha value is -2.28. The first-order valence-corrected chi connectivity index (χ1v) is 9.97. The topological polar surface area (TPSA) is 4.93 Å². The highest BCUT2D eigenvalue weighted by Gasteiger charge is 2.67. The molecule has 0 amide bonds. The number of hydrogen-bond donors (Lipinski definition) is 0. The van der Waals surface area contributed by atoms with Gasteiger partial charge in [0.1, 0.15) is 4.90 Å². The van der Waals surface area contributed by atoms with Crippen LogP contribution in [-0.4, -0.2) is 4.57 Å². The summed E-state index contributed by atoms with van der Waals surface area (Å²) in [5, 5.41) is 0. The Morgan fingerprint density at radius 3 is 1.73 bits per heavy atom. The zero-order valence-corrected chi connectivity index (χ0v) is 14.6. The second-order valence-electron chi connectivity index (χ2n) is 6.26. The molecule has 0 bridgehead atoms. The Bertz CT molecular complexity index is 887. The van der Waals surface area contributed by atoms with Crippen molar-refractivity contribution in [2.45, 2.75) is 24.3 Å². The number of halogens is 5. The van der Waals surface area contributed by atoms with Crippen LogP contribution in [0.25, 0.3) is 0 Å². The number of rotatable bonds is 6. The second-order valence-corrected chi connectivity index (χ2v) is 8.64. The zero-order valence-electron chi connectivity index (χ0n) is 13.8. The van der Waals surface area contributed by atoms with Crippen molar-refractivity contribution in [3.8, 4) is 0 Å². The van der Waals surface area contributed by atoms with Crippen LogP contribution in [0.1, 0.15) is 16.7 Å². The average Bonchev–Trinajstić information content (AvgIpc) is 2.98. The van der Waals surface area contributed by atoms with Crippen LogP contribution in [0.15, 0.2) is 78.0 Å². The predicted molar refractivity (Wildman–Crippen MR) is 95.2 cm³/mol. The minimum atomic E-state index is -9.75. The molecule has 0 saturated carbocycles. The minimum Gasteiger partial charge on any atom is -0.348 e. The highest BCUT2D eigenvalue weighted by atomic mass is 32.5. The molecule has 1 nitrogen and oxygen atoms in total. The van der Waals surface area contributed by atoms with Gasteiger partial charge in [0.25, 0.3) is 0 Å². The molecule has 140 valence electrons. The monoisotopic (exact) mass is 387 g/mol. The summed E-state index contributed by atoms with van der Waals surface area (Å²) in [5.41, 5.74) is 1.17. The first-order valence-electron chi connectivity index (χ1n) is 8.02. The van der Waals surface area contributed by atoms with Crippen molar-refractivity contribution in [2.24, 2.45) is 0 Å². The van der Waals surface area contributed by atoms with E-state index >= 15 is 0 Å². The van der Waals surface area contributed by atoms with Crippen molar-refractivity contribution >= 4 is 10.2 Å². The van der Waals surface area contributed by atoms with Crippen molar-refractivity contribution in [1.29, 1.82) is 0 Å². The molecule has 1 aromatic heterocycles. The van der Waals surface area contributed by atoms with Crippen LogP contribution in [0.4, 0.5) is 19.4 Å². The number of aromatic nitrogens is 1. The summed E-state index contributed by atoms with van der Waals surface area (Å²) in [6.45, 7) is 0.104. The van der Waals surface area contributed by atoms with Gasteiger partial charge < -0.3 is 4.57 Å². The van der Waals surface area contributed by atoms with E-state index in [1.54, 1.807) is 60.7 Å². The van der Waals surface area contributed by atoms with E-state index in [4.69, 9.17) is 0 Å². The molecule has 2 aromatic carbocycles. The van der Waals surface area contributed by atoms with Crippen LogP contribution in [0.2, 0.25) is 0 Å². The standard InChI is InChI=1S/C19H18F5NS/c20-26(21,22,23,24)19-15-25(13-17-9-5-2-6-10-17)14-18(19)12-11-16-7-3-1-4-8-16/h1-10,14-15H,11-13H2. The zero-order chi connectivity index (χ0) is 18.9. The summed E-state index contributed by atoms with van der Waals surface area (Å²) in [7, 11) is -9.75. The molecule has 0 fully saturated rings. The third kappa shape index (κ3) is 4.66.